The second kappa shape index (κ2) is 8.04. The zero-order valence-corrected chi connectivity index (χ0v) is 18.3. The van der Waals surface area contributed by atoms with Gasteiger partial charge in [-0.05, 0) is 24.3 Å². The van der Waals surface area contributed by atoms with Crippen molar-refractivity contribution in [3.05, 3.63) is 70.8 Å². The average Bonchev–Trinajstić information content (AvgIpc) is 3.22. The summed E-state index contributed by atoms with van der Waals surface area (Å²) in [6, 6.07) is 7.52. The lowest BCUT2D eigenvalue weighted by molar-refractivity contribution is -0.384. The molecule has 0 aliphatic heterocycles. The van der Waals surface area contributed by atoms with E-state index in [2.05, 4.69) is 0 Å². The number of carbonyl (C=O) groups is 1. The Hall–Kier alpha value is -2.97. The fourth-order valence-electron chi connectivity index (χ4n) is 2.60. The van der Waals surface area contributed by atoms with Crippen LogP contribution < -0.4 is 14.8 Å². The van der Waals surface area contributed by atoms with Gasteiger partial charge in [0.2, 0.25) is 0 Å². The minimum Gasteiger partial charge on any atom is -0.456 e. The Kier molecular flexibility index (Phi) is 5.83. The molecular weight excluding hydrogens is 428 g/mol. The van der Waals surface area contributed by atoms with E-state index in [1.54, 1.807) is 31.3 Å². The maximum atomic E-state index is 12.5. The predicted molar refractivity (Wildman–Crippen MR) is 117 cm³/mol. The Labute approximate surface area is 180 Å². The highest BCUT2D eigenvalue weighted by molar-refractivity contribution is 7.07. The number of nitro benzene ring substituents is 1. The molecule has 0 bridgehead atoms. The molecule has 0 saturated carbocycles. The van der Waals surface area contributed by atoms with Gasteiger partial charge in [0.05, 0.1) is 15.0 Å². The van der Waals surface area contributed by atoms with E-state index in [9.17, 15) is 19.7 Å². The first-order valence-electron chi connectivity index (χ1n) is 8.95. The van der Waals surface area contributed by atoms with Gasteiger partial charge in [0, 0.05) is 35.7 Å². The number of carbonyl (C=O) groups excluding carboxylic acids is 1. The van der Waals surface area contributed by atoms with Crippen LogP contribution in [-0.4, -0.2) is 15.3 Å². The molecular formula is C21H19ClN2O5S. The van der Waals surface area contributed by atoms with E-state index in [4.69, 9.17) is 16.0 Å². The lowest BCUT2D eigenvalue weighted by Crippen LogP contribution is -2.29. The summed E-state index contributed by atoms with van der Waals surface area (Å²) in [6.45, 7) is 5.43. The topological polar surface area (TPSA) is 95.3 Å². The maximum absolute atomic E-state index is 12.5. The van der Waals surface area contributed by atoms with Crippen LogP contribution in [0.5, 0.6) is 0 Å². The number of furan rings is 1. The van der Waals surface area contributed by atoms with Gasteiger partial charge in [0.25, 0.3) is 11.2 Å². The van der Waals surface area contributed by atoms with Gasteiger partial charge in [-0.25, -0.2) is 0 Å². The molecule has 156 valence electrons. The summed E-state index contributed by atoms with van der Waals surface area (Å²) < 4.78 is 8.05. The van der Waals surface area contributed by atoms with E-state index in [0.29, 0.717) is 15.0 Å². The molecule has 1 aromatic carbocycles. The van der Waals surface area contributed by atoms with E-state index in [-0.39, 0.29) is 33.4 Å². The summed E-state index contributed by atoms with van der Waals surface area (Å²) >= 11 is 7.03. The first kappa shape index (κ1) is 21.7. The Balaban J connectivity index is 2.06. The third-order valence-electron chi connectivity index (χ3n) is 4.38. The fourth-order valence-corrected chi connectivity index (χ4v) is 3.78. The number of halogens is 1. The highest BCUT2D eigenvalue weighted by Gasteiger charge is 2.20. The van der Waals surface area contributed by atoms with Crippen molar-refractivity contribution in [3.8, 4) is 11.3 Å². The van der Waals surface area contributed by atoms with E-state index in [1.165, 1.54) is 34.1 Å². The van der Waals surface area contributed by atoms with Crippen molar-refractivity contribution in [1.82, 2.24) is 4.57 Å². The molecule has 0 fully saturated rings. The summed E-state index contributed by atoms with van der Waals surface area (Å²) in [6.07, 6.45) is 3.02. The van der Waals surface area contributed by atoms with Gasteiger partial charge in [0.1, 0.15) is 16.2 Å². The minimum absolute atomic E-state index is 0.0822. The van der Waals surface area contributed by atoms with Gasteiger partial charge < -0.3 is 8.98 Å². The largest absolute Gasteiger partial charge is 0.456 e. The molecule has 0 amide bonds. The summed E-state index contributed by atoms with van der Waals surface area (Å²) in [7, 11) is 1.60. The molecule has 0 atom stereocenters. The molecule has 2 heterocycles. The molecule has 30 heavy (non-hydrogen) atoms. The third kappa shape index (κ3) is 4.44. The van der Waals surface area contributed by atoms with Crippen LogP contribution in [0.3, 0.4) is 0 Å². The number of nitrogens with zero attached hydrogens (tertiary/aromatic N) is 2. The van der Waals surface area contributed by atoms with Crippen molar-refractivity contribution in [2.24, 2.45) is 12.5 Å². The van der Waals surface area contributed by atoms with Gasteiger partial charge in [-0.1, -0.05) is 32.4 Å². The van der Waals surface area contributed by atoms with Crippen LogP contribution in [0.25, 0.3) is 23.5 Å². The molecule has 0 aliphatic rings. The average molecular weight is 447 g/mol. The molecule has 0 spiro atoms. The highest BCUT2D eigenvalue weighted by atomic mass is 35.5. The number of benzene rings is 1. The Morgan fingerprint density at radius 1 is 1.27 bits per heavy atom. The molecule has 0 saturated heterocycles. The lowest BCUT2D eigenvalue weighted by atomic mass is 9.91. The standard InChI is InChI=1S/C21H19ClN2O5S/c1-21(2,3)18(25)11-19-23(4)20(26)17(30-19)10-13-6-8-16(29-13)14-7-5-12(22)9-15(14)24(27)28/h5-11H,1-4H3/b17-10+,19-11-. The van der Waals surface area contributed by atoms with Crippen molar-refractivity contribution in [2.75, 3.05) is 0 Å². The molecule has 2 aromatic heterocycles. The monoisotopic (exact) mass is 446 g/mol. The Morgan fingerprint density at radius 3 is 2.60 bits per heavy atom. The molecule has 0 radical (unpaired) electrons. The van der Waals surface area contributed by atoms with Crippen LogP contribution in [0, 0.1) is 15.5 Å². The number of Topliss-reactive ketones (excluding diaryl/α,β-unsaturated/α-hetero) is 1. The second-order valence-electron chi connectivity index (χ2n) is 7.69. The van der Waals surface area contributed by atoms with Gasteiger partial charge in [-0.2, -0.15) is 0 Å². The molecule has 0 N–H and O–H groups in total. The van der Waals surface area contributed by atoms with E-state index in [1.807, 2.05) is 20.8 Å². The van der Waals surface area contributed by atoms with E-state index < -0.39 is 10.3 Å². The first-order valence-corrected chi connectivity index (χ1v) is 10.1. The van der Waals surface area contributed by atoms with Crippen molar-refractivity contribution >= 4 is 46.6 Å². The van der Waals surface area contributed by atoms with Crippen LogP contribution >= 0.6 is 22.9 Å². The number of ketones is 1. The highest BCUT2D eigenvalue weighted by Crippen LogP contribution is 2.33. The second-order valence-corrected chi connectivity index (χ2v) is 9.19. The van der Waals surface area contributed by atoms with Crippen molar-refractivity contribution in [3.63, 3.8) is 0 Å². The number of thiazole rings is 1. The molecule has 3 rings (SSSR count). The number of hydrogen-bond acceptors (Lipinski definition) is 6. The van der Waals surface area contributed by atoms with E-state index >= 15 is 0 Å². The lowest BCUT2D eigenvalue weighted by Gasteiger charge is -2.12. The first-order chi connectivity index (χ1) is 14.0. The molecule has 3 aromatic rings. The summed E-state index contributed by atoms with van der Waals surface area (Å²) in [4.78, 5) is 35.6. The predicted octanol–water partition coefficient (Wildman–Crippen LogP) is 3.49. The summed E-state index contributed by atoms with van der Waals surface area (Å²) in [5.41, 5.74) is -0.697. The zero-order valence-electron chi connectivity index (χ0n) is 16.8. The van der Waals surface area contributed by atoms with Gasteiger partial charge in [-0.15, -0.1) is 11.3 Å². The van der Waals surface area contributed by atoms with Crippen molar-refractivity contribution in [1.29, 1.82) is 0 Å². The SMILES string of the molecule is Cn1c(=O)/c(=C\c2ccc(-c3ccc(Cl)cc3[N+](=O)[O-])o2)s/c1=C\C(=O)C(C)(C)C. The van der Waals surface area contributed by atoms with E-state index in [0.717, 1.165) is 0 Å². The quantitative estimate of drug-likeness (QED) is 0.451. The Morgan fingerprint density at radius 2 is 1.97 bits per heavy atom. The number of rotatable bonds is 4. The Bertz CT molecular complexity index is 1320. The van der Waals surface area contributed by atoms with Crippen LogP contribution in [0.2, 0.25) is 5.02 Å². The van der Waals surface area contributed by atoms with Gasteiger partial charge in [-0.3, -0.25) is 19.7 Å². The zero-order chi connectivity index (χ0) is 22.2. The minimum atomic E-state index is -0.548. The van der Waals surface area contributed by atoms with Crippen LogP contribution in [0.1, 0.15) is 26.5 Å². The smallest absolute Gasteiger partial charge is 0.281 e. The number of hydrogen-bond donors (Lipinski definition) is 0. The number of aromatic nitrogens is 1. The van der Waals surface area contributed by atoms with Crippen LogP contribution in [0.4, 0.5) is 5.69 Å². The third-order valence-corrected chi connectivity index (χ3v) is 5.72. The summed E-state index contributed by atoms with van der Waals surface area (Å²) in [5, 5.41) is 11.6. The van der Waals surface area contributed by atoms with Crippen LogP contribution in [0.15, 0.2) is 39.5 Å². The fraction of sp³-hybridized carbons (Fsp3) is 0.238. The molecule has 0 aliphatic carbocycles. The molecule has 9 heteroatoms. The van der Waals surface area contributed by atoms with Crippen LogP contribution in [-0.2, 0) is 11.8 Å². The summed E-state index contributed by atoms with van der Waals surface area (Å²) in [5.74, 6) is 0.566. The van der Waals surface area contributed by atoms with Gasteiger partial charge in [0.15, 0.2) is 5.78 Å². The van der Waals surface area contributed by atoms with Gasteiger partial charge >= 0.3 is 0 Å². The maximum Gasteiger partial charge on any atom is 0.281 e. The molecule has 0 unspecified atom stereocenters. The molecule has 7 nitrogen and oxygen atoms in total. The number of nitro groups is 1. The van der Waals surface area contributed by atoms with Crippen molar-refractivity contribution in [2.45, 2.75) is 20.8 Å². The normalized spacial score (nSPS) is 13.1. The van der Waals surface area contributed by atoms with Crippen molar-refractivity contribution < 1.29 is 14.1 Å².